The molecule has 0 heterocycles. The van der Waals surface area contributed by atoms with Gasteiger partial charge in [0.15, 0.2) is 12.1 Å². The number of hydrogen-bond acceptors (Lipinski definition) is 6. The van der Waals surface area contributed by atoms with E-state index >= 15 is 0 Å². The van der Waals surface area contributed by atoms with Gasteiger partial charge in [-0.15, -0.1) is 0 Å². The molecule has 61 heavy (non-hydrogen) atoms. The highest BCUT2D eigenvalue weighted by Gasteiger charge is 2.31. The van der Waals surface area contributed by atoms with Crippen LogP contribution in [0.1, 0.15) is 232 Å². The summed E-state index contributed by atoms with van der Waals surface area (Å²) in [6.07, 6.45) is 51.9. The average Bonchev–Trinajstić information content (AvgIpc) is 3.22. The van der Waals surface area contributed by atoms with Crippen molar-refractivity contribution in [3.05, 3.63) is 36.5 Å². The lowest BCUT2D eigenvalue weighted by molar-refractivity contribution is -0.887. The zero-order valence-electron chi connectivity index (χ0n) is 40.6. The fourth-order valence-electron chi connectivity index (χ4n) is 7.60. The minimum absolute atomic E-state index is 0.0518. The van der Waals surface area contributed by atoms with Gasteiger partial charge in [0.1, 0.15) is 6.61 Å². The number of unbranched alkanes of at least 4 members (excludes halogenated alkanes) is 26. The lowest BCUT2D eigenvalue weighted by atomic mass is 10.0. The van der Waals surface area contributed by atoms with Crippen LogP contribution in [0, 0.1) is 0 Å². The van der Waals surface area contributed by atoms with Crippen LogP contribution in [0.2, 0.25) is 0 Å². The van der Waals surface area contributed by atoms with Crippen molar-refractivity contribution in [2.45, 2.75) is 244 Å². The van der Waals surface area contributed by atoms with Gasteiger partial charge in [0, 0.05) is 19.3 Å². The van der Waals surface area contributed by atoms with Crippen LogP contribution in [0.4, 0.5) is 0 Å². The molecule has 0 fully saturated rings. The van der Waals surface area contributed by atoms with Crippen LogP contribution in [0.25, 0.3) is 0 Å². The summed E-state index contributed by atoms with van der Waals surface area (Å²) >= 11 is 0. The van der Waals surface area contributed by atoms with Gasteiger partial charge in [0.2, 0.25) is 0 Å². The summed E-state index contributed by atoms with van der Waals surface area (Å²) in [5.41, 5.74) is 0. The highest BCUT2D eigenvalue weighted by Crippen LogP contribution is 2.16. The third kappa shape index (κ3) is 42.6. The Kier molecular flexibility index (Phi) is 42.4. The van der Waals surface area contributed by atoms with E-state index in [1.54, 1.807) is 0 Å². The van der Waals surface area contributed by atoms with Crippen molar-refractivity contribution < 1.29 is 38.2 Å². The molecule has 0 aliphatic rings. The second-order valence-corrected chi connectivity index (χ2v) is 18.4. The predicted molar refractivity (Wildman–Crippen MR) is 257 cm³/mol. The van der Waals surface area contributed by atoms with Gasteiger partial charge in [-0.2, -0.15) is 0 Å². The zero-order chi connectivity index (χ0) is 44.9. The number of carbonyl (C=O) groups is 3. The second kappa shape index (κ2) is 44.2. The Balaban J connectivity index is 4.21. The van der Waals surface area contributed by atoms with Gasteiger partial charge in [-0.25, -0.2) is 4.79 Å². The molecule has 0 saturated heterocycles. The van der Waals surface area contributed by atoms with Crippen LogP contribution in [-0.2, 0) is 28.6 Å². The molecule has 0 radical (unpaired) electrons. The number of aliphatic carboxylic acids is 1. The lowest BCUT2D eigenvalue weighted by Crippen LogP contribution is -2.50. The number of rotatable bonds is 46. The largest absolute Gasteiger partial charge is 0.477 e. The van der Waals surface area contributed by atoms with Crippen LogP contribution >= 0.6 is 0 Å². The van der Waals surface area contributed by atoms with Crippen LogP contribution in [0.3, 0.4) is 0 Å². The molecule has 0 aromatic rings. The number of esters is 2. The third-order valence-electron chi connectivity index (χ3n) is 11.5. The van der Waals surface area contributed by atoms with Gasteiger partial charge in [-0.05, 0) is 64.2 Å². The summed E-state index contributed by atoms with van der Waals surface area (Å²) in [7, 11) is 5.54. The van der Waals surface area contributed by atoms with Crippen molar-refractivity contribution in [2.24, 2.45) is 0 Å². The van der Waals surface area contributed by atoms with E-state index in [1.165, 1.54) is 135 Å². The Labute approximate surface area is 376 Å². The van der Waals surface area contributed by atoms with E-state index in [-0.39, 0.29) is 36.2 Å². The van der Waals surface area contributed by atoms with E-state index in [1.807, 2.05) is 21.1 Å². The summed E-state index contributed by atoms with van der Waals surface area (Å²) in [6, 6.07) is -0.615. The summed E-state index contributed by atoms with van der Waals surface area (Å²) in [4.78, 5) is 37.1. The number of ether oxygens (including phenoxy) is 3. The fourth-order valence-corrected chi connectivity index (χ4v) is 7.60. The molecule has 0 amide bonds. The van der Waals surface area contributed by atoms with Crippen LogP contribution in [0.15, 0.2) is 36.5 Å². The van der Waals surface area contributed by atoms with E-state index < -0.39 is 18.1 Å². The fraction of sp³-hybridized carbons (Fsp3) is 0.830. The number of nitrogens with zero attached hydrogens (tertiary/aromatic N) is 1. The highest BCUT2D eigenvalue weighted by atomic mass is 16.6. The van der Waals surface area contributed by atoms with Crippen molar-refractivity contribution in [2.75, 3.05) is 41.0 Å². The van der Waals surface area contributed by atoms with Crippen molar-refractivity contribution >= 4 is 17.9 Å². The second-order valence-electron chi connectivity index (χ2n) is 18.4. The molecule has 0 aromatic carbocycles. The monoisotopic (exact) mass is 861 g/mol. The molecule has 0 bridgehead atoms. The topological polar surface area (TPSA) is 99.1 Å². The predicted octanol–water partition coefficient (Wildman–Crippen LogP) is 14.6. The zero-order valence-corrected chi connectivity index (χ0v) is 40.6. The molecule has 0 aromatic heterocycles. The summed E-state index contributed by atoms with van der Waals surface area (Å²) in [5, 5.41) is 9.65. The number of hydrogen-bond donors (Lipinski definition) is 1. The SMILES string of the molecule is CC/C=C/C/C=C/CCCCCCCCCCCCCCCCC(=O)OCC(COCCC(C(=O)O)[N+](C)(C)C)OC(=O)CCCCCCC/C=C/CCCCCCCCC. The van der Waals surface area contributed by atoms with Crippen molar-refractivity contribution in [3.63, 3.8) is 0 Å². The van der Waals surface area contributed by atoms with Crippen LogP contribution in [-0.4, -0.2) is 80.6 Å². The Bertz CT molecular complexity index is 1090. The van der Waals surface area contributed by atoms with Gasteiger partial charge < -0.3 is 23.8 Å². The third-order valence-corrected chi connectivity index (χ3v) is 11.5. The van der Waals surface area contributed by atoms with E-state index in [4.69, 9.17) is 14.2 Å². The van der Waals surface area contributed by atoms with Crippen LogP contribution in [0.5, 0.6) is 0 Å². The van der Waals surface area contributed by atoms with Gasteiger partial charge in [-0.1, -0.05) is 185 Å². The average molecular weight is 861 g/mol. The lowest BCUT2D eigenvalue weighted by Gasteiger charge is -2.31. The van der Waals surface area contributed by atoms with Gasteiger partial charge in [0.25, 0.3) is 0 Å². The van der Waals surface area contributed by atoms with E-state index in [0.29, 0.717) is 19.3 Å². The van der Waals surface area contributed by atoms with Crippen molar-refractivity contribution in [3.8, 4) is 0 Å². The Morgan fingerprint density at radius 1 is 0.508 bits per heavy atom. The van der Waals surface area contributed by atoms with Gasteiger partial charge in [-0.3, -0.25) is 9.59 Å². The van der Waals surface area contributed by atoms with Gasteiger partial charge >= 0.3 is 17.9 Å². The minimum Gasteiger partial charge on any atom is -0.477 e. The van der Waals surface area contributed by atoms with Crippen LogP contribution < -0.4 is 0 Å². The summed E-state index contributed by atoms with van der Waals surface area (Å²) in [5.74, 6) is -1.47. The Morgan fingerprint density at radius 3 is 1.36 bits per heavy atom. The number of carboxylic acids is 1. The Hall–Kier alpha value is -2.45. The first-order chi connectivity index (χ1) is 29.6. The molecule has 0 spiro atoms. The molecule has 0 aliphatic heterocycles. The minimum atomic E-state index is -0.874. The molecule has 2 atom stereocenters. The summed E-state index contributed by atoms with van der Waals surface area (Å²) in [6.45, 7) is 4.65. The molecule has 0 saturated carbocycles. The maximum absolute atomic E-state index is 12.8. The van der Waals surface area contributed by atoms with Crippen molar-refractivity contribution in [1.82, 2.24) is 0 Å². The maximum atomic E-state index is 12.8. The molecule has 1 N–H and O–H groups in total. The molecular weight excluding hydrogens is 763 g/mol. The molecule has 0 aliphatic carbocycles. The maximum Gasteiger partial charge on any atom is 0.362 e. The molecule has 356 valence electrons. The molecule has 8 heteroatoms. The molecular formula is C53H98NO7+. The smallest absolute Gasteiger partial charge is 0.362 e. The normalized spacial score (nSPS) is 13.1. The number of carbonyl (C=O) groups excluding carboxylic acids is 2. The molecule has 2 unspecified atom stereocenters. The first-order valence-corrected chi connectivity index (χ1v) is 25.5. The number of allylic oxidation sites excluding steroid dienone is 6. The standard InChI is InChI=1S/C53H97NO7/c1-6-8-10-12-14-16-18-20-22-24-25-26-27-28-30-31-33-35-37-39-41-43-51(55)60-48-49(47-59-46-45-50(53(57)58)54(3,4)5)61-52(56)44-42-40-38-36-34-32-29-23-21-19-17-15-13-11-9-7-2/h8,10,14,16,23,29,49-50H,6-7,9,11-13,15,17-22,24-28,30-48H2,1-5H3/p+1/b10-8+,16-14+,29-23+. The Morgan fingerprint density at radius 2 is 0.918 bits per heavy atom. The number of likely N-dealkylation sites (N-methyl/N-ethyl adjacent to an activating group) is 1. The number of carboxylic acid groups (broad SMARTS) is 1. The number of quaternary nitrogens is 1. The first-order valence-electron chi connectivity index (χ1n) is 25.5. The van der Waals surface area contributed by atoms with Gasteiger partial charge in [0.05, 0.1) is 34.4 Å². The summed E-state index contributed by atoms with van der Waals surface area (Å²) < 4.78 is 17.4. The van der Waals surface area contributed by atoms with Crippen molar-refractivity contribution in [1.29, 1.82) is 0 Å². The molecule has 0 rings (SSSR count). The van der Waals surface area contributed by atoms with E-state index in [0.717, 1.165) is 64.2 Å². The quantitative estimate of drug-likeness (QED) is 0.0282. The van der Waals surface area contributed by atoms with E-state index in [2.05, 4.69) is 50.3 Å². The molecule has 8 nitrogen and oxygen atoms in total. The highest BCUT2D eigenvalue weighted by molar-refractivity contribution is 5.72. The first kappa shape index (κ1) is 58.6. The van der Waals surface area contributed by atoms with E-state index in [9.17, 15) is 19.5 Å².